The molecular weight excluding hydrogens is 260 g/mol. The topological polar surface area (TPSA) is 41.1 Å². The number of rotatable bonds is 6. The summed E-state index contributed by atoms with van der Waals surface area (Å²) in [5, 5.41) is 5.83. The quantitative estimate of drug-likeness (QED) is 0.822. The molecule has 0 fully saturated rings. The normalized spacial score (nSPS) is 17.1. The fraction of sp³-hybridized carbons (Fsp3) is 0.611. The first-order valence-electron chi connectivity index (χ1n) is 8.38. The largest absolute Gasteiger partial charge is 0.338 e. The van der Waals surface area contributed by atoms with E-state index >= 15 is 0 Å². The predicted octanol–water partition coefficient (Wildman–Crippen LogP) is 3.77. The molecule has 116 valence electrons. The molecule has 0 bridgehead atoms. The van der Waals surface area contributed by atoms with Crippen molar-refractivity contribution in [3.05, 3.63) is 34.9 Å². The molecule has 0 spiro atoms. The van der Waals surface area contributed by atoms with Gasteiger partial charge in [-0.15, -0.1) is 0 Å². The molecule has 1 aliphatic rings. The minimum absolute atomic E-state index is 0.0322. The van der Waals surface area contributed by atoms with Crippen molar-refractivity contribution in [2.24, 2.45) is 0 Å². The Balaban J connectivity index is 1.89. The van der Waals surface area contributed by atoms with Crippen LogP contribution in [0.3, 0.4) is 0 Å². The third-order valence-electron chi connectivity index (χ3n) is 4.37. The average molecular weight is 288 g/mol. The molecule has 1 aromatic rings. The fourth-order valence-corrected chi connectivity index (χ4v) is 3.13. The summed E-state index contributed by atoms with van der Waals surface area (Å²) in [4.78, 5) is 11.6. The number of hydrogen-bond acceptors (Lipinski definition) is 1. The van der Waals surface area contributed by atoms with Gasteiger partial charge >= 0.3 is 6.03 Å². The lowest BCUT2D eigenvalue weighted by Crippen LogP contribution is -2.36. The van der Waals surface area contributed by atoms with Gasteiger partial charge in [-0.2, -0.15) is 0 Å². The van der Waals surface area contributed by atoms with E-state index in [-0.39, 0.29) is 6.03 Å². The molecule has 0 aromatic heterocycles. The highest BCUT2D eigenvalue weighted by atomic mass is 16.2. The number of nitrogens with one attached hydrogen (secondary N) is 2. The SMILES string of the molecule is CCCNC(=O)NCCC1CCCc2ccc(CC)cc21. The van der Waals surface area contributed by atoms with Crippen LogP contribution in [0.4, 0.5) is 4.79 Å². The molecule has 0 saturated heterocycles. The summed E-state index contributed by atoms with van der Waals surface area (Å²) in [5.74, 6) is 0.603. The second-order valence-electron chi connectivity index (χ2n) is 5.95. The molecule has 1 aromatic carbocycles. The maximum Gasteiger partial charge on any atom is 0.314 e. The predicted molar refractivity (Wildman–Crippen MR) is 87.8 cm³/mol. The number of benzene rings is 1. The van der Waals surface area contributed by atoms with E-state index in [1.165, 1.54) is 36.0 Å². The number of amides is 2. The Kier molecular flexibility index (Phi) is 6.09. The van der Waals surface area contributed by atoms with Crippen LogP contribution < -0.4 is 10.6 Å². The third kappa shape index (κ3) is 4.48. The van der Waals surface area contributed by atoms with Crippen LogP contribution in [0.2, 0.25) is 0 Å². The van der Waals surface area contributed by atoms with Gasteiger partial charge in [0.1, 0.15) is 0 Å². The first-order valence-corrected chi connectivity index (χ1v) is 8.38. The summed E-state index contributed by atoms with van der Waals surface area (Å²) in [5.41, 5.74) is 4.46. The second-order valence-corrected chi connectivity index (χ2v) is 5.95. The lowest BCUT2D eigenvalue weighted by molar-refractivity contribution is 0.240. The van der Waals surface area contributed by atoms with Crippen molar-refractivity contribution in [1.29, 1.82) is 0 Å². The number of aryl methyl sites for hydroxylation is 2. The van der Waals surface area contributed by atoms with Gasteiger partial charge in [-0.1, -0.05) is 32.0 Å². The Hall–Kier alpha value is -1.51. The lowest BCUT2D eigenvalue weighted by Gasteiger charge is -2.26. The minimum atomic E-state index is -0.0322. The van der Waals surface area contributed by atoms with Crippen LogP contribution in [-0.4, -0.2) is 19.1 Å². The van der Waals surface area contributed by atoms with Gasteiger partial charge in [0.05, 0.1) is 0 Å². The van der Waals surface area contributed by atoms with Crippen LogP contribution in [0.15, 0.2) is 18.2 Å². The molecule has 0 aliphatic heterocycles. The Bertz CT molecular complexity index is 470. The molecule has 0 radical (unpaired) electrons. The molecule has 1 atom stereocenters. The van der Waals surface area contributed by atoms with Crippen LogP contribution in [0.25, 0.3) is 0 Å². The van der Waals surface area contributed by atoms with Crippen LogP contribution in [0.1, 0.15) is 62.1 Å². The van der Waals surface area contributed by atoms with E-state index in [4.69, 9.17) is 0 Å². The van der Waals surface area contributed by atoms with Crippen LogP contribution in [0, 0.1) is 0 Å². The summed E-state index contributed by atoms with van der Waals surface area (Å²) in [6, 6.07) is 6.92. The molecule has 1 aliphatic carbocycles. The first kappa shape index (κ1) is 15.9. The van der Waals surface area contributed by atoms with Gasteiger partial charge in [-0.05, 0) is 61.1 Å². The molecule has 2 rings (SSSR count). The van der Waals surface area contributed by atoms with Gasteiger partial charge < -0.3 is 10.6 Å². The Morgan fingerprint density at radius 1 is 1.24 bits per heavy atom. The zero-order valence-corrected chi connectivity index (χ0v) is 13.4. The van der Waals surface area contributed by atoms with E-state index < -0.39 is 0 Å². The van der Waals surface area contributed by atoms with Crippen molar-refractivity contribution in [2.75, 3.05) is 13.1 Å². The zero-order valence-electron chi connectivity index (χ0n) is 13.4. The van der Waals surface area contributed by atoms with Gasteiger partial charge in [0.25, 0.3) is 0 Å². The molecule has 2 N–H and O–H groups in total. The van der Waals surface area contributed by atoms with Gasteiger partial charge in [0.2, 0.25) is 0 Å². The number of urea groups is 1. The lowest BCUT2D eigenvalue weighted by atomic mass is 9.80. The summed E-state index contributed by atoms with van der Waals surface area (Å²) >= 11 is 0. The van der Waals surface area contributed by atoms with E-state index in [9.17, 15) is 4.79 Å². The molecule has 3 nitrogen and oxygen atoms in total. The molecular formula is C18H28N2O. The number of carbonyl (C=O) groups is 1. The Labute approximate surface area is 128 Å². The molecule has 21 heavy (non-hydrogen) atoms. The van der Waals surface area contributed by atoms with E-state index in [1.54, 1.807) is 0 Å². The van der Waals surface area contributed by atoms with Gasteiger partial charge in [0, 0.05) is 13.1 Å². The Morgan fingerprint density at radius 2 is 2.05 bits per heavy atom. The highest BCUT2D eigenvalue weighted by Gasteiger charge is 2.20. The van der Waals surface area contributed by atoms with Crippen LogP contribution in [0.5, 0.6) is 0 Å². The zero-order chi connectivity index (χ0) is 15.1. The number of carbonyl (C=O) groups excluding carboxylic acids is 1. The standard InChI is InChI=1S/C18H28N2O/c1-3-11-19-18(21)20-12-10-16-7-5-6-15-9-8-14(4-2)13-17(15)16/h8-9,13,16H,3-7,10-12H2,1-2H3,(H2,19,20,21). The van der Waals surface area contributed by atoms with Crippen LogP contribution in [-0.2, 0) is 12.8 Å². The van der Waals surface area contributed by atoms with Crippen molar-refractivity contribution >= 4 is 6.03 Å². The summed E-state index contributed by atoms with van der Waals surface area (Å²) in [6.45, 7) is 5.78. The third-order valence-corrected chi connectivity index (χ3v) is 4.37. The van der Waals surface area contributed by atoms with Crippen molar-refractivity contribution in [1.82, 2.24) is 10.6 Å². The average Bonchev–Trinajstić information content (AvgIpc) is 2.52. The minimum Gasteiger partial charge on any atom is -0.338 e. The van der Waals surface area contributed by atoms with Crippen molar-refractivity contribution in [3.8, 4) is 0 Å². The van der Waals surface area contributed by atoms with Gasteiger partial charge in [-0.3, -0.25) is 0 Å². The highest BCUT2D eigenvalue weighted by molar-refractivity contribution is 5.73. The fourth-order valence-electron chi connectivity index (χ4n) is 3.13. The first-order chi connectivity index (χ1) is 10.2. The van der Waals surface area contributed by atoms with E-state index in [0.29, 0.717) is 5.92 Å². The Morgan fingerprint density at radius 3 is 2.81 bits per heavy atom. The van der Waals surface area contributed by atoms with E-state index in [1.807, 2.05) is 0 Å². The molecule has 0 saturated carbocycles. The van der Waals surface area contributed by atoms with Gasteiger partial charge in [-0.25, -0.2) is 4.79 Å². The van der Waals surface area contributed by atoms with Crippen molar-refractivity contribution in [2.45, 2.75) is 58.3 Å². The summed E-state index contributed by atoms with van der Waals surface area (Å²) in [7, 11) is 0. The smallest absolute Gasteiger partial charge is 0.314 e. The van der Waals surface area contributed by atoms with Crippen LogP contribution >= 0.6 is 0 Å². The van der Waals surface area contributed by atoms with Crippen molar-refractivity contribution in [3.63, 3.8) is 0 Å². The summed E-state index contributed by atoms with van der Waals surface area (Å²) < 4.78 is 0. The number of hydrogen-bond donors (Lipinski definition) is 2. The maximum atomic E-state index is 11.6. The number of fused-ring (bicyclic) bond motifs is 1. The second kappa shape index (κ2) is 8.06. The molecule has 2 amide bonds. The molecule has 1 unspecified atom stereocenters. The monoisotopic (exact) mass is 288 g/mol. The van der Waals surface area contributed by atoms with Gasteiger partial charge in [0.15, 0.2) is 0 Å². The van der Waals surface area contributed by atoms with Crippen molar-refractivity contribution < 1.29 is 4.79 Å². The molecule has 3 heteroatoms. The van der Waals surface area contributed by atoms with E-state index in [2.05, 4.69) is 42.7 Å². The highest BCUT2D eigenvalue weighted by Crippen LogP contribution is 2.34. The summed E-state index contributed by atoms with van der Waals surface area (Å²) in [6.07, 6.45) is 6.84. The van der Waals surface area contributed by atoms with E-state index in [0.717, 1.165) is 32.4 Å². The maximum absolute atomic E-state index is 11.6. The molecule has 0 heterocycles.